The van der Waals surface area contributed by atoms with Crippen molar-refractivity contribution in [3.8, 4) is 5.75 Å². The second-order valence-electron chi connectivity index (χ2n) is 2.63. The van der Waals surface area contributed by atoms with Crippen LogP contribution in [0.25, 0.3) is 0 Å². The van der Waals surface area contributed by atoms with Crippen LogP contribution in [0.1, 0.15) is 29.3 Å². The van der Waals surface area contributed by atoms with Gasteiger partial charge < -0.3 is 5.11 Å². The second-order valence-corrected chi connectivity index (χ2v) is 2.63. The fourth-order valence-corrected chi connectivity index (χ4v) is 0.947. The monoisotopic (exact) mass is 186 g/mol. The van der Waals surface area contributed by atoms with Gasteiger partial charge in [0, 0.05) is 5.56 Å². The fraction of sp³-hybridized carbons (Fsp3) is 0.222. The first kappa shape index (κ1) is 9.64. The Bertz CT molecular complexity index is 334. The zero-order valence-electron chi connectivity index (χ0n) is 6.92. The summed E-state index contributed by atoms with van der Waals surface area (Å²) in [4.78, 5) is 10.8. The molecular formula is C9H8F2O2. The maximum absolute atomic E-state index is 12.1. The summed E-state index contributed by atoms with van der Waals surface area (Å²) in [5.41, 5.74) is -0.230. The van der Waals surface area contributed by atoms with Crippen LogP contribution in [0.5, 0.6) is 5.75 Å². The highest BCUT2D eigenvalue weighted by molar-refractivity contribution is 5.94. The Morgan fingerprint density at radius 1 is 1.46 bits per heavy atom. The molecule has 0 radical (unpaired) electrons. The lowest BCUT2D eigenvalue weighted by Gasteiger charge is -2.03. The molecule has 0 amide bonds. The summed E-state index contributed by atoms with van der Waals surface area (Å²) >= 11 is 0. The van der Waals surface area contributed by atoms with Crippen molar-refractivity contribution >= 4 is 5.78 Å². The molecule has 2 nitrogen and oxygen atoms in total. The molecule has 13 heavy (non-hydrogen) atoms. The van der Waals surface area contributed by atoms with Crippen molar-refractivity contribution in [2.24, 2.45) is 0 Å². The number of rotatable bonds is 2. The SMILES string of the molecule is CC(=O)c1ccc(C(F)F)c(O)c1. The van der Waals surface area contributed by atoms with Crippen molar-refractivity contribution in [1.82, 2.24) is 0 Å². The van der Waals surface area contributed by atoms with Gasteiger partial charge in [-0.1, -0.05) is 6.07 Å². The summed E-state index contributed by atoms with van der Waals surface area (Å²) in [6.07, 6.45) is -2.72. The molecule has 1 N–H and O–H groups in total. The number of carbonyl (C=O) groups is 1. The molecular weight excluding hydrogens is 178 g/mol. The molecule has 0 fully saturated rings. The van der Waals surface area contributed by atoms with Gasteiger partial charge in [0.25, 0.3) is 6.43 Å². The predicted molar refractivity (Wildman–Crippen MR) is 43.1 cm³/mol. The lowest BCUT2D eigenvalue weighted by molar-refractivity contribution is 0.101. The van der Waals surface area contributed by atoms with Crippen LogP contribution in [0.15, 0.2) is 18.2 Å². The molecule has 0 spiro atoms. The molecule has 0 heterocycles. The Morgan fingerprint density at radius 2 is 2.08 bits per heavy atom. The third-order valence-corrected chi connectivity index (χ3v) is 1.67. The molecule has 4 heteroatoms. The molecule has 1 aromatic carbocycles. The summed E-state index contributed by atoms with van der Waals surface area (Å²) in [7, 11) is 0. The van der Waals surface area contributed by atoms with Crippen molar-refractivity contribution in [3.63, 3.8) is 0 Å². The average molecular weight is 186 g/mol. The summed E-state index contributed by atoms with van der Waals surface area (Å²) in [6, 6.07) is 3.37. The van der Waals surface area contributed by atoms with Gasteiger partial charge in [0.2, 0.25) is 0 Å². The molecule has 1 aromatic rings. The summed E-state index contributed by atoms with van der Waals surface area (Å²) in [5, 5.41) is 9.08. The van der Waals surface area contributed by atoms with Gasteiger partial charge in [0.05, 0.1) is 5.56 Å². The lowest BCUT2D eigenvalue weighted by Crippen LogP contribution is -1.93. The number of aromatic hydroxyl groups is 1. The van der Waals surface area contributed by atoms with E-state index in [1.54, 1.807) is 0 Å². The second kappa shape index (κ2) is 3.51. The molecule has 0 atom stereocenters. The van der Waals surface area contributed by atoms with Gasteiger partial charge >= 0.3 is 0 Å². The molecule has 0 aliphatic heterocycles. The van der Waals surface area contributed by atoms with E-state index in [0.29, 0.717) is 0 Å². The predicted octanol–water partition coefficient (Wildman–Crippen LogP) is 2.53. The number of benzene rings is 1. The first-order valence-electron chi connectivity index (χ1n) is 3.64. The van der Waals surface area contributed by atoms with Crippen molar-refractivity contribution in [1.29, 1.82) is 0 Å². The van der Waals surface area contributed by atoms with E-state index in [2.05, 4.69) is 0 Å². The summed E-state index contributed by atoms with van der Waals surface area (Å²) in [5.74, 6) is -0.807. The number of phenolic OH excluding ortho intramolecular Hbond substituents is 1. The third-order valence-electron chi connectivity index (χ3n) is 1.67. The minimum absolute atomic E-state index is 0.224. The lowest BCUT2D eigenvalue weighted by atomic mass is 10.1. The normalized spacial score (nSPS) is 10.5. The highest BCUT2D eigenvalue weighted by Crippen LogP contribution is 2.28. The topological polar surface area (TPSA) is 37.3 Å². The quantitative estimate of drug-likeness (QED) is 0.720. The van der Waals surface area contributed by atoms with Crippen molar-refractivity contribution in [2.45, 2.75) is 13.3 Å². The number of Topliss-reactive ketones (excluding diaryl/α,β-unsaturated/α-hetero) is 1. The van der Waals surface area contributed by atoms with E-state index in [4.69, 9.17) is 5.11 Å². The smallest absolute Gasteiger partial charge is 0.267 e. The van der Waals surface area contributed by atoms with E-state index in [1.807, 2.05) is 0 Å². The van der Waals surface area contributed by atoms with Crippen molar-refractivity contribution in [3.05, 3.63) is 29.3 Å². The first-order valence-corrected chi connectivity index (χ1v) is 3.64. The van der Waals surface area contributed by atoms with Crippen LogP contribution in [0.4, 0.5) is 8.78 Å². The van der Waals surface area contributed by atoms with Gasteiger partial charge in [0.15, 0.2) is 5.78 Å². The van der Waals surface area contributed by atoms with Gasteiger partial charge in [-0.15, -0.1) is 0 Å². The molecule has 70 valence electrons. The van der Waals surface area contributed by atoms with Gasteiger partial charge in [0.1, 0.15) is 5.75 Å². The van der Waals surface area contributed by atoms with Crippen LogP contribution in [0.2, 0.25) is 0 Å². The van der Waals surface area contributed by atoms with E-state index in [-0.39, 0.29) is 11.3 Å². The Kier molecular flexibility index (Phi) is 2.60. The molecule has 0 unspecified atom stereocenters. The maximum Gasteiger partial charge on any atom is 0.267 e. The fourth-order valence-electron chi connectivity index (χ4n) is 0.947. The van der Waals surface area contributed by atoms with E-state index in [1.165, 1.54) is 13.0 Å². The van der Waals surface area contributed by atoms with Gasteiger partial charge in [-0.3, -0.25) is 4.79 Å². The van der Waals surface area contributed by atoms with Gasteiger partial charge in [-0.25, -0.2) is 8.78 Å². The Labute approximate surface area is 73.8 Å². The van der Waals surface area contributed by atoms with Crippen LogP contribution >= 0.6 is 0 Å². The Morgan fingerprint density at radius 3 is 2.46 bits per heavy atom. The third kappa shape index (κ3) is 2.02. The van der Waals surface area contributed by atoms with Crippen LogP contribution in [-0.2, 0) is 0 Å². The van der Waals surface area contributed by atoms with Crippen LogP contribution in [0, 0.1) is 0 Å². The van der Waals surface area contributed by atoms with Crippen LogP contribution in [-0.4, -0.2) is 10.9 Å². The largest absolute Gasteiger partial charge is 0.507 e. The number of carbonyl (C=O) groups excluding carboxylic acids is 1. The first-order chi connectivity index (χ1) is 6.02. The zero-order valence-corrected chi connectivity index (χ0v) is 6.92. The minimum atomic E-state index is -2.72. The van der Waals surface area contributed by atoms with Crippen LogP contribution in [0.3, 0.4) is 0 Å². The molecule has 0 aliphatic rings. The molecule has 0 saturated heterocycles. The highest BCUT2D eigenvalue weighted by atomic mass is 19.3. The standard InChI is InChI=1S/C9H8F2O2/c1-5(12)6-2-3-7(9(10)11)8(13)4-6/h2-4,9,13H,1H3. The summed E-state index contributed by atoms with van der Waals surface area (Å²) < 4.78 is 24.2. The van der Waals surface area contributed by atoms with Crippen molar-refractivity contribution in [2.75, 3.05) is 0 Å². The number of halogens is 2. The molecule has 0 saturated carbocycles. The molecule has 0 bridgehead atoms. The molecule has 0 aliphatic carbocycles. The van der Waals surface area contributed by atoms with E-state index in [0.717, 1.165) is 12.1 Å². The summed E-state index contributed by atoms with van der Waals surface area (Å²) in [6.45, 7) is 1.30. The highest BCUT2D eigenvalue weighted by Gasteiger charge is 2.13. The number of ketones is 1. The maximum atomic E-state index is 12.1. The minimum Gasteiger partial charge on any atom is -0.507 e. The number of hydrogen-bond donors (Lipinski definition) is 1. The molecule has 1 rings (SSSR count). The van der Waals surface area contributed by atoms with E-state index in [9.17, 15) is 13.6 Å². The van der Waals surface area contributed by atoms with Gasteiger partial charge in [-0.05, 0) is 19.1 Å². The Balaban J connectivity index is 3.13. The number of hydrogen-bond acceptors (Lipinski definition) is 2. The number of phenols is 1. The number of alkyl halides is 2. The van der Waals surface area contributed by atoms with E-state index < -0.39 is 17.7 Å². The van der Waals surface area contributed by atoms with Crippen molar-refractivity contribution < 1.29 is 18.7 Å². The average Bonchev–Trinajstić information content (AvgIpc) is 2.03. The van der Waals surface area contributed by atoms with Gasteiger partial charge in [-0.2, -0.15) is 0 Å². The van der Waals surface area contributed by atoms with Crippen LogP contribution < -0.4 is 0 Å². The Hall–Kier alpha value is -1.45. The van der Waals surface area contributed by atoms with E-state index >= 15 is 0 Å². The molecule has 0 aromatic heterocycles. The zero-order chi connectivity index (χ0) is 10.0.